The standard InChI is InChI=1S/C20H16N2O2/c23-19-13-15(20(24)22(19)16-7-2-1-3-8-16)12-18-17-9-5-4-6-14(17)10-11-21-18/h1-11,15H,12-13H2. The average Bonchev–Trinajstić information content (AvgIpc) is 2.90. The lowest BCUT2D eigenvalue weighted by Crippen LogP contribution is -2.30. The zero-order valence-corrected chi connectivity index (χ0v) is 13.1. The number of amides is 2. The quantitative estimate of drug-likeness (QED) is 0.696. The number of benzene rings is 2. The zero-order valence-electron chi connectivity index (χ0n) is 13.1. The van der Waals surface area contributed by atoms with Gasteiger partial charge < -0.3 is 0 Å². The van der Waals surface area contributed by atoms with E-state index in [1.165, 1.54) is 4.90 Å². The van der Waals surface area contributed by atoms with Crippen LogP contribution >= 0.6 is 0 Å². The van der Waals surface area contributed by atoms with Gasteiger partial charge in [-0.3, -0.25) is 19.5 Å². The number of pyridine rings is 1. The van der Waals surface area contributed by atoms with Gasteiger partial charge in [-0.05, 0) is 23.6 Å². The van der Waals surface area contributed by atoms with Crippen LogP contribution in [0.2, 0.25) is 0 Å². The number of hydrogen-bond donors (Lipinski definition) is 0. The van der Waals surface area contributed by atoms with Crippen molar-refractivity contribution in [2.75, 3.05) is 4.90 Å². The van der Waals surface area contributed by atoms with Crippen molar-refractivity contribution >= 4 is 28.3 Å². The van der Waals surface area contributed by atoms with Crippen LogP contribution in [0.4, 0.5) is 5.69 Å². The number of para-hydroxylation sites is 1. The molecule has 0 radical (unpaired) electrons. The molecule has 1 fully saturated rings. The smallest absolute Gasteiger partial charge is 0.237 e. The Balaban J connectivity index is 1.64. The number of hydrogen-bond acceptors (Lipinski definition) is 3. The van der Waals surface area contributed by atoms with Gasteiger partial charge in [-0.15, -0.1) is 0 Å². The van der Waals surface area contributed by atoms with E-state index in [0.29, 0.717) is 12.1 Å². The molecule has 0 bridgehead atoms. The second kappa shape index (κ2) is 5.89. The second-order valence-corrected chi connectivity index (χ2v) is 5.99. The summed E-state index contributed by atoms with van der Waals surface area (Å²) in [4.78, 5) is 30.8. The fraction of sp³-hybridized carbons (Fsp3) is 0.150. The minimum Gasteiger partial charge on any atom is -0.274 e. The molecule has 2 aromatic carbocycles. The van der Waals surface area contributed by atoms with E-state index >= 15 is 0 Å². The Bertz CT molecular complexity index is 916. The van der Waals surface area contributed by atoms with Crippen LogP contribution in [0.25, 0.3) is 10.8 Å². The Morgan fingerprint density at radius 1 is 0.958 bits per heavy atom. The highest BCUT2D eigenvalue weighted by Gasteiger charge is 2.39. The van der Waals surface area contributed by atoms with E-state index < -0.39 is 0 Å². The molecule has 1 aliphatic rings. The largest absolute Gasteiger partial charge is 0.274 e. The molecule has 0 saturated carbocycles. The maximum Gasteiger partial charge on any atom is 0.237 e. The van der Waals surface area contributed by atoms with E-state index in [0.717, 1.165) is 16.5 Å². The number of carbonyl (C=O) groups excluding carboxylic acids is 2. The number of carbonyl (C=O) groups is 2. The summed E-state index contributed by atoms with van der Waals surface area (Å²) in [5.74, 6) is -0.631. The normalized spacial score (nSPS) is 17.7. The molecule has 1 aromatic heterocycles. The summed E-state index contributed by atoms with van der Waals surface area (Å²) in [6.07, 6.45) is 2.47. The lowest BCUT2D eigenvalue weighted by molar-refractivity contribution is -0.122. The number of aromatic nitrogens is 1. The third kappa shape index (κ3) is 2.46. The van der Waals surface area contributed by atoms with Gasteiger partial charge in [0.15, 0.2) is 0 Å². The van der Waals surface area contributed by atoms with Gasteiger partial charge in [0.05, 0.1) is 11.6 Å². The van der Waals surface area contributed by atoms with Gasteiger partial charge in [0, 0.05) is 30.1 Å². The molecule has 2 heterocycles. The fourth-order valence-corrected chi connectivity index (χ4v) is 3.28. The summed E-state index contributed by atoms with van der Waals surface area (Å²) >= 11 is 0. The molecule has 1 aliphatic heterocycles. The van der Waals surface area contributed by atoms with Crippen LogP contribution in [0.15, 0.2) is 66.9 Å². The molecule has 4 rings (SSSR count). The monoisotopic (exact) mass is 316 g/mol. The minimum atomic E-state index is -0.351. The number of nitrogens with zero attached hydrogens (tertiary/aromatic N) is 2. The van der Waals surface area contributed by atoms with Gasteiger partial charge in [0.1, 0.15) is 0 Å². The lowest BCUT2D eigenvalue weighted by Gasteiger charge is -2.15. The van der Waals surface area contributed by atoms with Crippen molar-refractivity contribution in [3.63, 3.8) is 0 Å². The van der Waals surface area contributed by atoms with Crippen molar-refractivity contribution in [1.82, 2.24) is 4.98 Å². The van der Waals surface area contributed by atoms with Crippen LogP contribution in [0.3, 0.4) is 0 Å². The Hall–Kier alpha value is -3.01. The second-order valence-electron chi connectivity index (χ2n) is 5.99. The van der Waals surface area contributed by atoms with E-state index in [2.05, 4.69) is 4.98 Å². The van der Waals surface area contributed by atoms with Crippen LogP contribution in [0.5, 0.6) is 0 Å². The van der Waals surface area contributed by atoms with Gasteiger partial charge in [-0.25, -0.2) is 0 Å². The number of imide groups is 1. The van der Waals surface area contributed by atoms with E-state index in [4.69, 9.17) is 0 Å². The van der Waals surface area contributed by atoms with Gasteiger partial charge >= 0.3 is 0 Å². The first-order valence-corrected chi connectivity index (χ1v) is 7.98. The fourth-order valence-electron chi connectivity index (χ4n) is 3.28. The van der Waals surface area contributed by atoms with Crippen LogP contribution in [-0.4, -0.2) is 16.8 Å². The third-order valence-electron chi connectivity index (χ3n) is 4.45. The van der Waals surface area contributed by atoms with Crippen molar-refractivity contribution < 1.29 is 9.59 Å². The summed E-state index contributed by atoms with van der Waals surface area (Å²) < 4.78 is 0. The molecular formula is C20H16N2O2. The molecule has 0 N–H and O–H groups in total. The molecule has 2 amide bonds. The lowest BCUT2D eigenvalue weighted by atomic mass is 9.98. The van der Waals surface area contributed by atoms with E-state index in [9.17, 15) is 9.59 Å². The van der Waals surface area contributed by atoms with E-state index in [-0.39, 0.29) is 24.2 Å². The predicted octanol–water partition coefficient (Wildman–Crippen LogP) is 3.36. The molecule has 4 heteroatoms. The highest BCUT2D eigenvalue weighted by Crippen LogP contribution is 2.29. The molecule has 24 heavy (non-hydrogen) atoms. The molecule has 118 valence electrons. The first kappa shape index (κ1) is 14.6. The SMILES string of the molecule is O=C1CC(Cc2nccc3ccccc23)C(=O)N1c1ccccc1. The molecule has 3 aromatic rings. The van der Waals surface area contributed by atoms with Gasteiger partial charge in [0.25, 0.3) is 0 Å². The van der Waals surface area contributed by atoms with Crippen molar-refractivity contribution in [2.45, 2.75) is 12.8 Å². The van der Waals surface area contributed by atoms with Crippen molar-refractivity contribution in [3.05, 3.63) is 72.6 Å². The molecule has 0 aliphatic carbocycles. The van der Waals surface area contributed by atoms with E-state index in [1.54, 1.807) is 18.3 Å². The molecule has 1 atom stereocenters. The van der Waals surface area contributed by atoms with Crippen LogP contribution in [0, 0.1) is 5.92 Å². The third-order valence-corrected chi connectivity index (χ3v) is 4.45. The molecule has 1 unspecified atom stereocenters. The van der Waals surface area contributed by atoms with Crippen LogP contribution < -0.4 is 4.90 Å². The Kier molecular flexibility index (Phi) is 3.58. The van der Waals surface area contributed by atoms with Crippen molar-refractivity contribution in [1.29, 1.82) is 0 Å². The first-order chi connectivity index (χ1) is 11.7. The summed E-state index contributed by atoms with van der Waals surface area (Å²) in [5.41, 5.74) is 1.51. The summed E-state index contributed by atoms with van der Waals surface area (Å²) in [5, 5.41) is 2.14. The summed E-state index contributed by atoms with van der Waals surface area (Å²) in [7, 11) is 0. The zero-order chi connectivity index (χ0) is 16.5. The number of anilines is 1. The minimum absolute atomic E-state index is 0.138. The van der Waals surface area contributed by atoms with Crippen LogP contribution in [0.1, 0.15) is 12.1 Å². The topological polar surface area (TPSA) is 50.3 Å². The number of fused-ring (bicyclic) bond motifs is 1. The Labute approximate surface area is 139 Å². The molecular weight excluding hydrogens is 300 g/mol. The average molecular weight is 316 g/mol. The van der Waals surface area contributed by atoms with Crippen molar-refractivity contribution in [3.8, 4) is 0 Å². The summed E-state index contributed by atoms with van der Waals surface area (Å²) in [6, 6.07) is 19.0. The van der Waals surface area contributed by atoms with Gasteiger partial charge in [-0.1, -0.05) is 42.5 Å². The highest BCUT2D eigenvalue weighted by atomic mass is 16.2. The molecule has 4 nitrogen and oxygen atoms in total. The Morgan fingerprint density at radius 3 is 2.54 bits per heavy atom. The predicted molar refractivity (Wildman–Crippen MR) is 92.5 cm³/mol. The first-order valence-electron chi connectivity index (χ1n) is 7.98. The maximum absolute atomic E-state index is 12.7. The summed E-state index contributed by atoms with van der Waals surface area (Å²) in [6.45, 7) is 0. The van der Waals surface area contributed by atoms with Gasteiger partial charge in [-0.2, -0.15) is 0 Å². The van der Waals surface area contributed by atoms with Gasteiger partial charge in [0.2, 0.25) is 11.8 Å². The molecule has 0 spiro atoms. The number of rotatable bonds is 3. The van der Waals surface area contributed by atoms with E-state index in [1.807, 2.05) is 48.5 Å². The Morgan fingerprint density at radius 2 is 1.71 bits per heavy atom. The van der Waals surface area contributed by atoms with Crippen molar-refractivity contribution in [2.24, 2.45) is 5.92 Å². The maximum atomic E-state index is 12.7. The molecule has 1 saturated heterocycles. The van der Waals surface area contributed by atoms with Crippen LogP contribution in [-0.2, 0) is 16.0 Å². The highest BCUT2D eigenvalue weighted by molar-refractivity contribution is 6.21.